The summed E-state index contributed by atoms with van der Waals surface area (Å²) in [6.45, 7) is 2.43. The number of unbranched alkanes of at least 4 members (excludes halogenated alkanes) is 1. The van der Waals surface area contributed by atoms with Crippen molar-refractivity contribution in [2.24, 2.45) is 11.0 Å². The van der Waals surface area contributed by atoms with Crippen molar-refractivity contribution >= 4 is 64.8 Å². The third-order valence-corrected chi connectivity index (χ3v) is 4.34. The van der Waals surface area contributed by atoms with Gasteiger partial charge >= 0.3 is 5.97 Å². The number of rotatable bonds is 9. The van der Waals surface area contributed by atoms with Crippen LogP contribution in [0.2, 0.25) is 0 Å². The molecular formula is C20H27N3NaO4S. The van der Waals surface area contributed by atoms with Crippen LogP contribution >= 0.6 is 12.2 Å². The maximum absolute atomic E-state index is 10.5. The van der Waals surface area contributed by atoms with Crippen LogP contribution in [0.25, 0.3) is 0 Å². The number of carboxylic acid groups (broad SMARTS) is 1. The second-order valence-corrected chi connectivity index (χ2v) is 6.87. The number of nitrogens with one attached hydrogen (secondary N) is 2. The molecule has 29 heavy (non-hydrogen) atoms. The minimum Gasteiger partial charge on any atom is -0.481 e. The van der Waals surface area contributed by atoms with Crippen molar-refractivity contribution in [1.29, 1.82) is 0 Å². The molecule has 0 aromatic heterocycles. The Hall–Kier alpha value is -1.29. The molecule has 2 rings (SSSR count). The summed E-state index contributed by atoms with van der Waals surface area (Å²) in [5.41, 5.74) is 3.69. The number of hydrazone groups is 1. The molecule has 153 valence electrons. The van der Waals surface area contributed by atoms with Gasteiger partial charge in [0, 0.05) is 47.6 Å². The second kappa shape index (κ2) is 14.7. The van der Waals surface area contributed by atoms with Gasteiger partial charge in [-0.1, -0.05) is 30.4 Å². The number of para-hydroxylation sites is 1. The Kier molecular flexibility index (Phi) is 13.0. The van der Waals surface area contributed by atoms with E-state index in [2.05, 4.69) is 15.8 Å². The van der Waals surface area contributed by atoms with Gasteiger partial charge in [0.2, 0.25) is 0 Å². The van der Waals surface area contributed by atoms with Gasteiger partial charge in [0.1, 0.15) is 6.10 Å². The maximum Gasteiger partial charge on any atom is 0.303 e. The summed E-state index contributed by atoms with van der Waals surface area (Å²) in [7, 11) is 0. The molecule has 7 nitrogen and oxygen atoms in total. The zero-order valence-electron chi connectivity index (χ0n) is 16.9. The van der Waals surface area contributed by atoms with Crippen molar-refractivity contribution in [3.05, 3.63) is 42.5 Å². The van der Waals surface area contributed by atoms with Crippen molar-refractivity contribution in [2.75, 3.05) is 11.9 Å². The van der Waals surface area contributed by atoms with Crippen LogP contribution < -0.4 is 10.7 Å². The average molecular weight is 429 g/mol. The zero-order chi connectivity index (χ0) is 20.2. The molecule has 1 radical (unpaired) electrons. The fraction of sp³-hybridized carbons (Fsp3) is 0.450. The zero-order valence-corrected chi connectivity index (χ0v) is 19.7. The van der Waals surface area contributed by atoms with E-state index in [9.17, 15) is 4.79 Å². The van der Waals surface area contributed by atoms with Crippen LogP contribution in [0.1, 0.15) is 32.6 Å². The minimum absolute atomic E-state index is 0. The van der Waals surface area contributed by atoms with E-state index in [-0.39, 0.29) is 54.3 Å². The van der Waals surface area contributed by atoms with Gasteiger partial charge in [-0.05, 0) is 50.5 Å². The standard InChI is InChI=1S/C20H27N3O4S.Na/c1-15-26-14-16(9-5-2-3-8-12-19(24)25)18(27-15)13-21-23-20(28)22-17-10-6-4-7-11-17;/h2,4-7,10-11,13,15-16,18H,3,8-9,12,14H2,1H3,(H,24,25)(H2,22,23,28);/t15-,16+,18+;/m1./s1. The molecule has 3 atom stereocenters. The second-order valence-electron chi connectivity index (χ2n) is 6.46. The monoisotopic (exact) mass is 428 g/mol. The first-order chi connectivity index (χ1) is 13.5. The molecule has 0 spiro atoms. The molecule has 0 amide bonds. The quantitative estimate of drug-likeness (QED) is 0.139. The summed E-state index contributed by atoms with van der Waals surface area (Å²) < 4.78 is 11.4. The fourth-order valence-electron chi connectivity index (χ4n) is 2.69. The van der Waals surface area contributed by atoms with Crippen LogP contribution in [0.5, 0.6) is 0 Å². The number of benzene rings is 1. The molecule has 0 unspecified atom stereocenters. The third kappa shape index (κ3) is 10.9. The molecule has 0 saturated carbocycles. The minimum atomic E-state index is -0.764. The van der Waals surface area contributed by atoms with Gasteiger partial charge in [-0.15, -0.1) is 0 Å². The predicted octanol–water partition coefficient (Wildman–Crippen LogP) is 3.16. The van der Waals surface area contributed by atoms with E-state index in [1.165, 1.54) is 0 Å². The summed E-state index contributed by atoms with van der Waals surface area (Å²) in [4.78, 5) is 10.5. The Bertz CT molecular complexity index is 688. The average Bonchev–Trinajstić information content (AvgIpc) is 2.66. The molecule has 0 bridgehead atoms. The molecule has 9 heteroatoms. The van der Waals surface area contributed by atoms with Gasteiger partial charge in [-0.25, -0.2) is 0 Å². The van der Waals surface area contributed by atoms with E-state index >= 15 is 0 Å². The van der Waals surface area contributed by atoms with E-state index in [1.54, 1.807) is 6.21 Å². The Morgan fingerprint density at radius 1 is 1.34 bits per heavy atom. The summed E-state index contributed by atoms with van der Waals surface area (Å²) in [6.07, 6.45) is 7.62. The van der Waals surface area contributed by atoms with Crippen molar-refractivity contribution in [1.82, 2.24) is 5.43 Å². The number of carboxylic acids is 1. The number of hydrogen-bond donors (Lipinski definition) is 3. The van der Waals surface area contributed by atoms with Gasteiger partial charge in [-0.3, -0.25) is 10.2 Å². The number of nitrogens with zero attached hydrogens (tertiary/aromatic N) is 1. The molecule has 1 aliphatic heterocycles. The summed E-state index contributed by atoms with van der Waals surface area (Å²) >= 11 is 5.23. The normalized spacial score (nSPS) is 21.6. The predicted molar refractivity (Wildman–Crippen MR) is 119 cm³/mol. The number of thiocarbonyl (C=S) groups is 1. The van der Waals surface area contributed by atoms with Gasteiger partial charge < -0.3 is 19.9 Å². The SMILES string of the molecule is C[C@@H]1OC[C@H](CC=CCCCC(=O)O)[C@H](C=NNC(=S)Nc2ccccc2)O1.[Na]. The van der Waals surface area contributed by atoms with Crippen LogP contribution in [-0.2, 0) is 14.3 Å². The number of anilines is 1. The van der Waals surface area contributed by atoms with Gasteiger partial charge in [0.25, 0.3) is 0 Å². The van der Waals surface area contributed by atoms with Gasteiger partial charge in [0.05, 0.1) is 12.8 Å². The van der Waals surface area contributed by atoms with Crippen molar-refractivity contribution in [3.63, 3.8) is 0 Å². The molecular weight excluding hydrogens is 401 g/mol. The Morgan fingerprint density at radius 2 is 2.10 bits per heavy atom. The van der Waals surface area contributed by atoms with Crippen LogP contribution in [0.15, 0.2) is 47.6 Å². The Labute approximate surface area is 199 Å². The van der Waals surface area contributed by atoms with Gasteiger partial charge in [-0.2, -0.15) is 5.10 Å². The number of allylic oxidation sites excluding steroid dienone is 2. The Balaban J connectivity index is 0.00000420. The number of hydrogen-bond acceptors (Lipinski definition) is 5. The van der Waals surface area contributed by atoms with Crippen LogP contribution in [0.3, 0.4) is 0 Å². The van der Waals surface area contributed by atoms with Crippen molar-refractivity contribution < 1.29 is 19.4 Å². The third-order valence-electron chi connectivity index (χ3n) is 4.14. The van der Waals surface area contributed by atoms with E-state index in [1.807, 2.05) is 49.4 Å². The number of aliphatic carboxylic acids is 1. The van der Waals surface area contributed by atoms with E-state index in [0.29, 0.717) is 18.1 Å². The van der Waals surface area contributed by atoms with E-state index in [0.717, 1.165) is 18.5 Å². The summed E-state index contributed by atoms with van der Waals surface area (Å²) in [5.74, 6) is -0.631. The van der Waals surface area contributed by atoms with Crippen LogP contribution in [0, 0.1) is 5.92 Å². The first-order valence-corrected chi connectivity index (χ1v) is 9.74. The molecule has 3 N–H and O–H groups in total. The molecule has 1 aliphatic rings. The van der Waals surface area contributed by atoms with Crippen LogP contribution in [-0.4, -0.2) is 71.0 Å². The van der Waals surface area contributed by atoms with E-state index < -0.39 is 5.97 Å². The first kappa shape index (κ1) is 25.7. The largest absolute Gasteiger partial charge is 0.481 e. The summed E-state index contributed by atoms with van der Waals surface area (Å²) in [5, 5.41) is 16.3. The smallest absolute Gasteiger partial charge is 0.303 e. The Morgan fingerprint density at radius 3 is 2.83 bits per heavy atom. The van der Waals surface area contributed by atoms with Crippen molar-refractivity contribution in [3.8, 4) is 0 Å². The molecule has 0 aliphatic carbocycles. The van der Waals surface area contributed by atoms with Crippen LogP contribution in [0.4, 0.5) is 5.69 Å². The molecule has 1 saturated heterocycles. The summed E-state index contributed by atoms with van der Waals surface area (Å²) in [6, 6.07) is 9.61. The molecule has 1 aromatic rings. The fourth-order valence-corrected chi connectivity index (χ4v) is 2.87. The molecule has 1 heterocycles. The van der Waals surface area contributed by atoms with E-state index in [4.69, 9.17) is 26.8 Å². The molecule has 1 fully saturated rings. The van der Waals surface area contributed by atoms with Gasteiger partial charge in [0.15, 0.2) is 11.4 Å². The topological polar surface area (TPSA) is 92.2 Å². The molecule has 1 aromatic carbocycles. The maximum atomic E-state index is 10.5. The number of ether oxygens (including phenoxy) is 2. The number of carbonyl (C=O) groups is 1. The first-order valence-electron chi connectivity index (χ1n) is 9.33. The van der Waals surface area contributed by atoms with Crippen molar-refractivity contribution in [2.45, 2.75) is 45.0 Å².